The molecule has 37 heavy (non-hydrogen) atoms. The normalized spacial score (nSPS) is 11.1. The third-order valence-corrected chi connectivity index (χ3v) is 6.79. The van der Waals surface area contributed by atoms with Gasteiger partial charge in [0.25, 0.3) is 0 Å². The molecule has 1 N–H and O–H groups in total. The van der Waals surface area contributed by atoms with Crippen LogP contribution in [0.3, 0.4) is 0 Å². The largest absolute Gasteiger partial charge is 0.489 e. The molecule has 0 saturated carbocycles. The molecule has 0 aliphatic rings. The molecule has 4 rings (SSSR count). The maximum Gasteiger partial charge on any atom is 0.335 e. The minimum Gasteiger partial charge on any atom is -0.489 e. The highest BCUT2D eigenvalue weighted by molar-refractivity contribution is 6.37. The number of halogens is 2. The summed E-state index contributed by atoms with van der Waals surface area (Å²) < 4.78 is 13.9. The van der Waals surface area contributed by atoms with Gasteiger partial charge in [-0.2, -0.15) is 5.10 Å². The van der Waals surface area contributed by atoms with Crippen LogP contribution in [0.25, 0.3) is 5.69 Å². The molecule has 1 aromatic heterocycles. The summed E-state index contributed by atoms with van der Waals surface area (Å²) >= 11 is 12.9. The standard InChI is InChI=1S/C29H28Cl2N2O4/c1-17(2)24-14-32-33(28-25(30)6-5-7-26(28)31)27(24)16-37-21-9-8-20(18(3)12-21)15-36-22-10-11-23(29(34)35)19(4)13-22/h5-14,17H,15-16H2,1-4H3,(H,34,35). The molecule has 0 fully saturated rings. The molecule has 192 valence electrons. The van der Waals surface area contributed by atoms with Gasteiger partial charge in [-0.1, -0.05) is 49.2 Å². The molecule has 0 aliphatic carbocycles. The second-order valence-electron chi connectivity index (χ2n) is 9.13. The zero-order valence-corrected chi connectivity index (χ0v) is 22.6. The second kappa shape index (κ2) is 11.3. The fourth-order valence-electron chi connectivity index (χ4n) is 4.10. The highest BCUT2D eigenvalue weighted by Crippen LogP contribution is 2.32. The average molecular weight is 539 g/mol. The van der Waals surface area contributed by atoms with E-state index in [1.165, 1.54) is 0 Å². The number of aromatic nitrogens is 2. The van der Waals surface area contributed by atoms with E-state index in [-0.39, 0.29) is 11.5 Å². The molecule has 0 aliphatic heterocycles. The van der Waals surface area contributed by atoms with Gasteiger partial charge in [0.05, 0.1) is 27.5 Å². The number of carbonyl (C=O) groups is 1. The van der Waals surface area contributed by atoms with Crippen molar-refractivity contribution in [3.63, 3.8) is 0 Å². The summed E-state index contributed by atoms with van der Waals surface area (Å²) in [6.07, 6.45) is 1.83. The van der Waals surface area contributed by atoms with Gasteiger partial charge in [-0.15, -0.1) is 0 Å². The van der Waals surface area contributed by atoms with E-state index in [4.69, 9.17) is 32.7 Å². The van der Waals surface area contributed by atoms with Crippen LogP contribution in [0.15, 0.2) is 60.8 Å². The number of benzene rings is 3. The quantitative estimate of drug-likeness (QED) is 0.235. The Morgan fingerprint density at radius 1 is 0.946 bits per heavy atom. The lowest BCUT2D eigenvalue weighted by Crippen LogP contribution is -2.09. The highest BCUT2D eigenvalue weighted by atomic mass is 35.5. The Bertz CT molecular complexity index is 1430. The van der Waals surface area contributed by atoms with Gasteiger partial charge in [0.2, 0.25) is 0 Å². The van der Waals surface area contributed by atoms with Gasteiger partial charge in [0.1, 0.15) is 30.4 Å². The van der Waals surface area contributed by atoms with E-state index < -0.39 is 5.97 Å². The predicted octanol–water partition coefficient (Wildman–Crippen LogP) is 7.78. The number of para-hydroxylation sites is 1. The predicted molar refractivity (Wildman–Crippen MR) is 146 cm³/mol. The number of nitrogens with zero attached hydrogens (tertiary/aromatic N) is 2. The molecule has 0 amide bonds. The fourth-order valence-corrected chi connectivity index (χ4v) is 4.65. The van der Waals surface area contributed by atoms with E-state index in [1.54, 1.807) is 48.0 Å². The SMILES string of the molecule is Cc1cc(OCc2c(C(C)C)cnn2-c2c(Cl)cccc2Cl)ccc1COc1ccc(C(=O)O)c(C)c1. The molecule has 4 aromatic rings. The van der Waals surface area contributed by atoms with Crippen LogP contribution >= 0.6 is 23.2 Å². The van der Waals surface area contributed by atoms with Crippen molar-refractivity contribution in [2.45, 2.75) is 46.8 Å². The summed E-state index contributed by atoms with van der Waals surface area (Å²) in [7, 11) is 0. The van der Waals surface area contributed by atoms with Gasteiger partial charge in [0, 0.05) is 0 Å². The van der Waals surface area contributed by atoms with Crippen LogP contribution in [0.1, 0.15) is 58.1 Å². The number of aromatic carboxylic acids is 1. The minimum atomic E-state index is -0.950. The van der Waals surface area contributed by atoms with Crippen molar-refractivity contribution in [2.24, 2.45) is 0 Å². The zero-order chi connectivity index (χ0) is 26.7. The van der Waals surface area contributed by atoms with Gasteiger partial charge in [0.15, 0.2) is 0 Å². The second-order valence-corrected chi connectivity index (χ2v) is 9.95. The molecule has 6 nitrogen and oxygen atoms in total. The van der Waals surface area contributed by atoms with Crippen molar-refractivity contribution in [1.29, 1.82) is 0 Å². The molecule has 3 aromatic carbocycles. The van der Waals surface area contributed by atoms with Crippen molar-refractivity contribution in [3.8, 4) is 17.2 Å². The third-order valence-electron chi connectivity index (χ3n) is 6.18. The first kappa shape index (κ1) is 26.6. The van der Waals surface area contributed by atoms with Gasteiger partial charge >= 0.3 is 5.97 Å². The van der Waals surface area contributed by atoms with Gasteiger partial charge in [-0.3, -0.25) is 0 Å². The van der Waals surface area contributed by atoms with E-state index in [0.717, 1.165) is 28.1 Å². The molecule has 0 unspecified atom stereocenters. The lowest BCUT2D eigenvalue weighted by molar-refractivity contribution is 0.0696. The Kier molecular flexibility index (Phi) is 8.10. The third kappa shape index (κ3) is 5.92. The van der Waals surface area contributed by atoms with Crippen LogP contribution in [0.4, 0.5) is 0 Å². The lowest BCUT2D eigenvalue weighted by atomic mass is 10.0. The summed E-state index contributed by atoms with van der Waals surface area (Å²) in [6.45, 7) is 8.61. The van der Waals surface area contributed by atoms with E-state index in [1.807, 2.05) is 31.3 Å². The maximum absolute atomic E-state index is 11.2. The van der Waals surface area contributed by atoms with Crippen molar-refractivity contribution in [3.05, 3.63) is 104 Å². The molecular formula is C29H28Cl2N2O4. The number of rotatable bonds is 9. The molecule has 8 heteroatoms. The first-order valence-electron chi connectivity index (χ1n) is 11.9. The molecule has 1 heterocycles. The van der Waals surface area contributed by atoms with Crippen LogP contribution < -0.4 is 9.47 Å². The number of aryl methyl sites for hydroxylation is 2. The molecule has 0 bridgehead atoms. The summed E-state index contributed by atoms with van der Waals surface area (Å²) in [5.41, 5.74) is 5.52. The van der Waals surface area contributed by atoms with E-state index in [9.17, 15) is 9.90 Å². The summed E-state index contributed by atoms with van der Waals surface area (Å²) in [6, 6.07) is 16.2. The Morgan fingerprint density at radius 2 is 1.57 bits per heavy atom. The smallest absolute Gasteiger partial charge is 0.335 e. The summed E-state index contributed by atoms with van der Waals surface area (Å²) in [4.78, 5) is 11.2. The number of ether oxygens (including phenoxy) is 2. The fraction of sp³-hybridized carbons (Fsp3) is 0.241. The number of hydrogen-bond acceptors (Lipinski definition) is 4. The zero-order valence-electron chi connectivity index (χ0n) is 21.1. The molecular weight excluding hydrogens is 511 g/mol. The Labute approximate surface area is 226 Å². The number of hydrogen-bond donors (Lipinski definition) is 1. The van der Waals surface area contributed by atoms with Crippen LogP contribution in [0, 0.1) is 13.8 Å². The van der Waals surface area contributed by atoms with Gasteiger partial charge < -0.3 is 14.6 Å². The summed E-state index contributed by atoms with van der Waals surface area (Å²) in [5.74, 6) is 0.627. The van der Waals surface area contributed by atoms with Crippen LogP contribution in [0.5, 0.6) is 11.5 Å². The Morgan fingerprint density at radius 3 is 2.16 bits per heavy atom. The Hall–Kier alpha value is -3.48. The van der Waals surface area contributed by atoms with Crippen molar-refractivity contribution in [2.75, 3.05) is 0 Å². The van der Waals surface area contributed by atoms with Gasteiger partial charge in [-0.25, -0.2) is 9.48 Å². The number of carboxylic acids is 1. The van der Waals surface area contributed by atoms with Crippen LogP contribution in [-0.4, -0.2) is 20.9 Å². The highest BCUT2D eigenvalue weighted by Gasteiger charge is 2.19. The Balaban J connectivity index is 1.49. The van der Waals surface area contributed by atoms with Crippen molar-refractivity contribution in [1.82, 2.24) is 9.78 Å². The average Bonchev–Trinajstić information content (AvgIpc) is 3.25. The van der Waals surface area contributed by atoms with Crippen LogP contribution in [-0.2, 0) is 13.2 Å². The molecule has 0 spiro atoms. The van der Waals surface area contributed by atoms with E-state index >= 15 is 0 Å². The van der Waals surface area contributed by atoms with Gasteiger partial charge in [-0.05, 0) is 84.5 Å². The maximum atomic E-state index is 11.2. The first-order chi connectivity index (χ1) is 17.7. The van der Waals surface area contributed by atoms with Crippen molar-refractivity contribution < 1.29 is 19.4 Å². The molecule has 0 saturated heterocycles. The van der Waals surface area contributed by atoms with E-state index in [0.29, 0.717) is 40.3 Å². The first-order valence-corrected chi connectivity index (χ1v) is 12.6. The van der Waals surface area contributed by atoms with Crippen molar-refractivity contribution >= 4 is 29.2 Å². The minimum absolute atomic E-state index is 0.239. The van der Waals surface area contributed by atoms with E-state index in [2.05, 4.69) is 18.9 Å². The van der Waals surface area contributed by atoms with Crippen LogP contribution in [0.2, 0.25) is 10.0 Å². The number of carboxylic acid groups (broad SMARTS) is 1. The summed E-state index contributed by atoms with van der Waals surface area (Å²) in [5, 5.41) is 14.8. The molecule has 0 atom stereocenters. The molecule has 0 radical (unpaired) electrons. The topological polar surface area (TPSA) is 73.6 Å². The lowest BCUT2D eigenvalue weighted by Gasteiger charge is -2.16. The monoisotopic (exact) mass is 538 g/mol.